The lowest BCUT2D eigenvalue weighted by molar-refractivity contribution is -0.136. The number of aliphatic hydroxyl groups is 5. The van der Waals surface area contributed by atoms with Crippen molar-refractivity contribution in [1.82, 2.24) is 0 Å². The number of hydrogen-bond acceptors (Lipinski definition) is 7. The fourth-order valence-corrected chi connectivity index (χ4v) is 2.96. The van der Waals surface area contributed by atoms with Gasteiger partial charge in [-0.3, -0.25) is 0 Å². The minimum absolute atomic E-state index is 0.0258. The van der Waals surface area contributed by atoms with Crippen LogP contribution in [0.4, 0.5) is 0 Å². The van der Waals surface area contributed by atoms with Crippen LogP contribution in [0.25, 0.3) is 0 Å². The molecule has 0 aliphatic carbocycles. The molecule has 0 saturated heterocycles. The van der Waals surface area contributed by atoms with Gasteiger partial charge in [0.1, 0.15) is 24.4 Å². The fourth-order valence-electron chi connectivity index (χ4n) is 2.96. The highest BCUT2D eigenvalue weighted by molar-refractivity contribution is 5.56. The van der Waals surface area contributed by atoms with Gasteiger partial charge in [0.05, 0.1) is 6.61 Å². The zero-order valence-corrected chi connectivity index (χ0v) is 18.4. The molecule has 7 heteroatoms. The summed E-state index contributed by atoms with van der Waals surface area (Å²) in [6.45, 7) is 2.40. The van der Waals surface area contributed by atoms with E-state index in [1.165, 1.54) is 89.9 Å². The molecular weight excluding hydrogens is 374 g/mol. The third-order valence-corrected chi connectivity index (χ3v) is 4.98. The van der Waals surface area contributed by atoms with E-state index in [0.29, 0.717) is 0 Å². The predicted octanol–water partition coefficient (Wildman–Crippen LogP) is 2.05. The molecule has 0 radical (unpaired) electrons. The van der Waals surface area contributed by atoms with E-state index in [1.54, 1.807) is 0 Å². The van der Waals surface area contributed by atoms with E-state index in [2.05, 4.69) is 6.92 Å². The van der Waals surface area contributed by atoms with Crippen molar-refractivity contribution in [2.75, 3.05) is 13.2 Å². The van der Waals surface area contributed by atoms with E-state index < -0.39 is 31.0 Å². The van der Waals surface area contributed by atoms with Gasteiger partial charge in [-0.15, -0.1) is 0 Å². The second-order valence-corrected chi connectivity index (χ2v) is 7.74. The zero-order chi connectivity index (χ0) is 22.3. The Labute approximate surface area is 177 Å². The van der Waals surface area contributed by atoms with Gasteiger partial charge in [0.15, 0.2) is 6.29 Å². The maximum atomic E-state index is 9.90. The third kappa shape index (κ3) is 20.5. The molecule has 0 bridgehead atoms. The molecule has 0 rings (SSSR count). The summed E-state index contributed by atoms with van der Waals surface area (Å²) < 4.78 is 0. The lowest BCUT2D eigenvalue weighted by Crippen LogP contribution is -2.46. The van der Waals surface area contributed by atoms with Crippen molar-refractivity contribution >= 4 is 6.29 Å². The molecule has 0 saturated carbocycles. The summed E-state index contributed by atoms with van der Waals surface area (Å²) in [5, 5.41) is 43.5. The molecule has 0 spiro atoms. The van der Waals surface area contributed by atoms with Crippen LogP contribution in [0.15, 0.2) is 0 Å². The number of aldehydes is 1. The summed E-state index contributed by atoms with van der Waals surface area (Å²) in [5.74, 6) is 0. The highest BCUT2D eigenvalue weighted by atomic mass is 16.4. The standard InChI is InChI=1S/C16H35N.C6H12O6/c1-2-3-4-5-6-7-8-9-10-11-12-13-14-15-16-17;7-1-3(9)5(11)6(12)4(10)2-8/h2-17H2,1H3;1,3-6,8-12H,2H2. The van der Waals surface area contributed by atoms with Crippen molar-refractivity contribution in [3.8, 4) is 0 Å². The molecule has 0 heterocycles. The van der Waals surface area contributed by atoms with E-state index in [4.69, 9.17) is 31.3 Å². The maximum absolute atomic E-state index is 9.90. The van der Waals surface area contributed by atoms with Gasteiger partial charge in [-0.05, 0) is 13.0 Å². The lowest BCUT2D eigenvalue weighted by atomic mass is 10.0. The van der Waals surface area contributed by atoms with Gasteiger partial charge in [0.2, 0.25) is 0 Å². The number of unbranched alkanes of at least 4 members (excludes halogenated alkanes) is 13. The van der Waals surface area contributed by atoms with Crippen molar-refractivity contribution in [3.05, 3.63) is 0 Å². The van der Waals surface area contributed by atoms with Crippen molar-refractivity contribution in [1.29, 1.82) is 0 Å². The normalized spacial score (nSPS) is 15.1. The molecule has 7 N–H and O–H groups in total. The smallest absolute Gasteiger partial charge is 0.151 e. The van der Waals surface area contributed by atoms with Crippen molar-refractivity contribution < 1.29 is 30.3 Å². The summed E-state index contributed by atoms with van der Waals surface area (Å²) in [6, 6.07) is 0. The molecule has 176 valence electrons. The van der Waals surface area contributed by atoms with E-state index >= 15 is 0 Å². The highest BCUT2D eigenvalue weighted by Crippen LogP contribution is 2.12. The highest BCUT2D eigenvalue weighted by Gasteiger charge is 2.29. The van der Waals surface area contributed by atoms with Gasteiger partial charge < -0.3 is 36.1 Å². The van der Waals surface area contributed by atoms with Gasteiger partial charge >= 0.3 is 0 Å². The minimum Gasteiger partial charge on any atom is -0.394 e. The van der Waals surface area contributed by atoms with Gasteiger partial charge in [-0.1, -0.05) is 90.4 Å². The van der Waals surface area contributed by atoms with Crippen LogP contribution in [0.3, 0.4) is 0 Å². The number of nitrogens with two attached hydrogens (primary N) is 1. The molecular formula is C22H47NO6. The SMILES string of the molecule is CCCCCCCCCCCCCCCCN.O=CC(O)C(O)C(O)C(O)CO. The number of carbonyl (C=O) groups is 1. The molecule has 29 heavy (non-hydrogen) atoms. The summed E-state index contributed by atoms with van der Waals surface area (Å²) in [7, 11) is 0. The summed E-state index contributed by atoms with van der Waals surface area (Å²) in [5.41, 5.74) is 5.47. The Morgan fingerprint density at radius 1 is 0.690 bits per heavy atom. The topological polar surface area (TPSA) is 144 Å². The largest absolute Gasteiger partial charge is 0.394 e. The first-order chi connectivity index (χ1) is 14.0. The van der Waals surface area contributed by atoms with E-state index in [0.717, 1.165) is 6.54 Å². The number of aliphatic hydroxyl groups excluding tert-OH is 5. The summed E-state index contributed by atoms with van der Waals surface area (Å²) >= 11 is 0. The number of carbonyl (C=O) groups excluding carboxylic acids is 1. The van der Waals surface area contributed by atoms with Gasteiger partial charge in [-0.25, -0.2) is 0 Å². The molecule has 0 aliphatic heterocycles. The summed E-state index contributed by atoms with van der Waals surface area (Å²) in [4.78, 5) is 9.90. The average Bonchev–Trinajstić information content (AvgIpc) is 2.75. The molecule has 0 aromatic heterocycles. The van der Waals surface area contributed by atoms with E-state index in [9.17, 15) is 4.79 Å². The van der Waals surface area contributed by atoms with Crippen molar-refractivity contribution in [3.63, 3.8) is 0 Å². The minimum atomic E-state index is -1.79. The predicted molar refractivity (Wildman–Crippen MR) is 117 cm³/mol. The summed E-state index contributed by atoms with van der Waals surface area (Å²) in [6.07, 6.45) is 13.0. The second-order valence-electron chi connectivity index (χ2n) is 7.74. The first-order valence-corrected chi connectivity index (χ1v) is 11.4. The Kier molecular flexibility index (Phi) is 25.0. The molecule has 0 aromatic carbocycles. The Balaban J connectivity index is 0. The molecule has 0 aliphatic rings. The monoisotopic (exact) mass is 421 g/mol. The number of hydrogen-bond donors (Lipinski definition) is 6. The fraction of sp³-hybridized carbons (Fsp3) is 0.955. The quantitative estimate of drug-likeness (QED) is 0.138. The van der Waals surface area contributed by atoms with Gasteiger partial charge in [-0.2, -0.15) is 0 Å². The van der Waals surface area contributed by atoms with Crippen molar-refractivity contribution in [2.24, 2.45) is 5.73 Å². The van der Waals surface area contributed by atoms with Crippen LogP contribution in [-0.4, -0.2) is 69.4 Å². The van der Waals surface area contributed by atoms with Crippen molar-refractivity contribution in [2.45, 2.75) is 121 Å². The Bertz CT molecular complexity index is 318. The van der Waals surface area contributed by atoms with Gasteiger partial charge in [0.25, 0.3) is 0 Å². The first-order valence-electron chi connectivity index (χ1n) is 11.4. The Morgan fingerprint density at radius 3 is 1.38 bits per heavy atom. The molecule has 0 fully saturated rings. The van der Waals surface area contributed by atoms with E-state index in [1.807, 2.05) is 0 Å². The molecule has 0 amide bonds. The molecule has 0 aromatic rings. The second kappa shape index (κ2) is 23.7. The van der Waals surface area contributed by atoms with Crippen LogP contribution in [0.5, 0.6) is 0 Å². The van der Waals surface area contributed by atoms with Crippen LogP contribution in [-0.2, 0) is 4.79 Å². The average molecular weight is 422 g/mol. The maximum Gasteiger partial charge on any atom is 0.151 e. The molecule has 7 nitrogen and oxygen atoms in total. The van der Waals surface area contributed by atoms with Crippen LogP contribution in [0, 0.1) is 0 Å². The van der Waals surface area contributed by atoms with Crippen LogP contribution < -0.4 is 5.73 Å². The van der Waals surface area contributed by atoms with Crippen LogP contribution in [0.1, 0.15) is 96.8 Å². The van der Waals surface area contributed by atoms with Gasteiger partial charge in [0, 0.05) is 0 Å². The van der Waals surface area contributed by atoms with Crippen LogP contribution >= 0.6 is 0 Å². The lowest BCUT2D eigenvalue weighted by Gasteiger charge is -2.22. The number of rotatable bonds is 19. The van der Waals surface area contributed by atoms with Crippen LogP contribution in [0.2, 0.25) is 0 Å². The molecule has 4 unspecified atom stereocenters. The molecule has 4 atom stereocenters. The zero-order valence-electron chi connectivity index (χ0n) is 18.4. The van der Waals surface area contributed by atoms with E-state index in [-0.39, 0.29) is 6.29 Å². The Hall–Kier alpha value is -0.570. The first kappa shape index (κ1) is 30.6. The third-order valence-electron chi connectivity index (χ3n) is 4.98. The Morgan fingerprint density at radius 2 is 1.07 bits per heavy atom.